The summed E-state index contributed by atoms with van der Waals surface area (Å²) in [7, 11) is 3.29. The van der Waals surface area contributed by atoms with Gasteiger partial charge in [-0.05, 0) is 6.42 Å². The highest BCUT2D eigenvalue weighted by molar-refractivity contribution is 5.32. The minimum atomic E-state index is 0.487. The van der Waals surface area contributed by atoms with Gasteiger partial charge in [0.2, 0.25) is 5.95 Å². The van der Waals surface area contributed by atoms with Crippen LogP contribution >= 0.6 is 0 Å². The first-order valence-electron chi connectivity index (χ1n) is 4.48. The molecule has 0 amide bonds. The Balaban J connectivity index is 2.68. The molecule has 0 atom stereocenters. The molecular weight excluding hydrogens is 182 g/mol. The molecule has 1 rings (SSSR count). The number of rotatable bonds is 5. The molecule has 0 aromatic carbocycles. The van der Waals surface area contributed by atoms with E-state index < -0.39 is 0 Å². The summed E-state index contributed by atoms with van der Waals surface area (Å²) in [5.74, 6) is 1.06. The molecule has 6 nitrogen and oxygen atoms in total. The first-order valence-corrected chi connectivity index (χ1v) is 4.48. The van der Waals surface area contributed by atoms with E-state index >= 15 is 0 Å². The Morgan fingerprint density at radius 3 is 2.93 bits per heavy atom. The van der Waals surface area contributed by atoms with Crippen LogP contribution in [0, 0.1) is 0 Å². The zero-order chi connectivity index (χ0) is 10.4. The van der Waals surface area contributed by atoms with E-state index in [1.165, 1.54) is 11.4 Å². The first-order chi connectivity index (χ1) is 6.77. The highest BCUT2D eigenvalue weighted by Crippen LogP contribution is 2.05. The Bertz CT molecular complexity index is 280. The molecule has 0 saturated carbocycles. The Kier molecular flexibility index (Phi) is 4.06. The maximum atomic E-state index is 4.95. The second-order valence-electron chi connectivity index (χ2n) is 2.72. The van der Waals surface area contributed by atoms with Crippen LogP contribution in [0.25, 0.3) is 0 Å². The number of hydrogen-bond donors (Lipinski definition) is 1. The zero-order valence-electron chi connectivity index (χ0n) is 8.69. The van der Waals surface area contributed by atoms with Crippen molar-refractivity contribution in [3.63, 3.8) is 0 Å². The normalized spacial score (nSPS) is 9.93. The van der Waals surface area contributed by atoms with Gasteiger partial charge in [-0.2, -0.15) is 9.97 Å². The van der Waals surface area contributed by atoms with Crippen LogP contribution in [0.2, 0.25) is 0 Å². The van der Waals surface area contributed by atoms with Gasteiger partial charge in [-0.3, -0.25) is 4.84 Å². The minimum absolute atomic E-state index is 0.487. The van der Waals surface area contributed by atoms with Crippen molar-refractivity contribution in [1.82, 2.24) is 15.0 Å². The Morgan fingerprint density at radius 1 is 1.50 bits per heavy atom. The van der Waals surface area contributed by atoms with Crippen molar-refractivity contribution in [3.05, 3.63) is 6.33 Å². The van der Waals surface area contributed by atoms with E-state index in [0.29, 0.717) is 11.9 Å². The molecule has 1 heterocycles. The van der Waals surface area contributed by atoms with Gasteiger partial charge in [0, 0.05) is 13.6 Å². The molecule has 1 aromatic heterocycles. The summed E-state index contributed by atoms with van der Waals surface area (Å²) < 4.78 is 0. The quantitative estimate of drug-likeness (QED) is 0.701. The van der Waals surface area contributed by atoms with E-state index in [4.69, 9.17) is 4.84 Å². The van der Waals surface area contributed by atoms with Gasteiger partial charge in [-0.25, -0.2) is 10.0 Å². The van der Waals surface area contributed by atoms with Crippen molar-refractivity contribution in [2.45, 2.75) is 13.3 Å². The number of nitrogens with one attached hydrogen (secondary N) is 1. The fourth-order valence-corrected chi connectivity index (χ4v) is 0.843. The average Bonchev–Trinajstić information content (AvgIpc) is 2.25. The van der Waals surface area contributed by atoms with Crippen molar-refractivity contribution in [2.24, 2.45) is 0 Å². The molecule has 1 N–H and O–H groups in total. The third kappa shape index (κ3) is 2.81. The standard InChI is InChI=1S/C8H15N5O/c1-4-5-9-7-10-6-11-8(12-7)13(2)14-3/h6H,4-5H2,1-3H3,(H,9,10,11,12). The molecule has 1 aromatic rings. The summed E-state index contributed by atoms with van der Waals surface area (Å²) >= 11 is 0. The van der Waals surface area contributed by atoms with Crippen molar-refractivity contribution < 1.29 is 4.84 Å². The number of aromatic nitrogens is 3. The number of hydroxylamine groups is 1. The maximum Gasteiger partial charge on any atom is 0.254 e. The lowest BCUT2D eigenvalue weighted by Crippen LogP contribution is -2.18. The Morgan fingerprint density at radius 2 is 2.29 bits per heavy atom. The Hall–Kier alpha value is -1.43. The molecule has 0 fully saturated rings. The van der Waals surface area contributed by atoms with Gasteiger partial charge in [0.05, 0.1) is 7.11 Å². The fraction of sp³-hybridized carbons (Fsp3) is 0.625. The van der Waals surface area contributed by atoms with E-state index in [1.54, 1.807) is 14.2 Å². The van der Waals surface area contributed by atoms with Crippen LogP contribution in [0.15, 0.2) is 6.33 Å². The molecule has 0 radical (unpaired) electrons. The van der Waals surface area contributed by atoms with E-state index in [0.717, 1.165) is 13.0 Å². The molecular formula is C8H15N5O. The average molecular weight is 197 g/mol. The molecule has 78 valence electrons. The third-order valence-electron chi connectivity index (χ3n) is 1.65. The summed E-state index contributed by atoms with van der Waals surface area (Å²) in [4.78, 5) is 17.0. The fourth-order valence-electron chi connectivity index (χ4n) is 0.843. The molecule has 0 aliphatic rings. The predicted molar refractivity (Wildman–Crippen MR) is 54.0 cm³/mol. The van der Waals surface area contributed by atoms with Gasteiger partial charge >= 0.3 is 0 Å². The second kappa shape index (κ2) is 5.33. The highest BCUT2D eigenvalue weighted by Gasteiger charge is 2.04. The molecule has 14 heavy (non-hydrogen) atoms. The lowest BCUT2D eigenvalue weighted by molar-refractivity contribution is 0.180. The molecule has 0 aliphatic carbocycles. The van der Waals surface area contributed by atoms with Gasteiger partial charge in [0.15, 0.2) is 0 Å². The van der Waals surface area contributed by atoms with E-state index in [2.05, 4.69) is 27.2 Å². The van der Waals surface area contributed by atoms with Crippen molar-refractivity contribution in [3.8, 4) is 0 Å². The number of hydrogen-bond acceptors (Lipinski definition) is 6. The van der Waals surface area contributed by atoms with Crippen LogP contribution in [0.5, 0.6) is 0 Å². The van der Waals surface area contributed by atoms with Gasteiger partial charge in [-0.15, -0.1) is 0 Å². The van der Waals surface area contributed by atoms with E-state index in [-0.39, 0.29) is 0 Å². The van der Waals surface area contributed by atoms with Gasteiger partial charge < -0.3 is 5.32 Å². The molecule has 0 bridgehead atoms. The first kappa shape index (κ1) is 10.6. The molecule has 0 unspecified atom stereocenters. The van der Waals surface area contributed by atoms with E-state index in [9.17, 15) is 0 Å². The molecule has 0 aliphatic heterocycles. The second-order valence-corrected chi connectivity index (χ2v) is 2.72. The SMILES string of the molecule is CCCNc1ncnc(N(C)OC)n1. The Labute approximate surface area is 83.3 Å². The van der Waals surface area contributed by atoms with Gasteiger partial charge in [0.1, 0.15) is 6.33 Å². The van der Waals surface area contributed by atoms with Crippen LogP contribution in [0.1, 0.15) is 13.3 Å². The lowest BCUT2D eigenvalue weighted by Gasteiger charge is -2.13. The van der Waals surface area contributed by atoms with Crippen molar-refractivity contribution >= 4 is 11.9 Å². The summed E-state index contributed by atoms with van der Waals surface area (Å²) in [6.45, 7) is 2.93. The molecule has 0 spiro atoms. The largest absolute Gasteiger partial charge is 0.354 e. The maximum absolute atomic E-state index is 4.95. The van der Waals surface area contributed by atoms with Gasteiger partial charge in [-0.1, -0.05) is 6.92 Å². The van der Waals surface area contributed by atoms with Crippen molar-refractivity contribution in [2.75, 3.05) is 31.1 Å². The topological polar surface area (TPSA) is 63.2 Å². The highest BCUT2D eigenvalue weighted by atomic mass is 16.7. The van der Waals surface area contributed by atoms with Crippen LogP contribution < -0.4 is 10.4 Å². The zero-order valence-corrected chi connectivity index (χ0v) is 8.69. The summed E-state index contributed by atoms with van der Waals surface area (Å²) in [6.07, 6.45) is 2.48. The van der Waals surface area contributed by atoms with Crippen LogP contribution in [0.4, 0.5) is 11.9 Å². The predicted octanol–water partition coefficient (Wildman–Crippen LogP) is 0.691. The molecule has 0 saturated heterocycles. The third-order valence-corrected chi connectivity index (χ3v) is 1.65. The van der Waals surface area contributed by atoms with Gasteiger partial charge in [0.25, 0.3) is 5.95 Å². The number of nitrogens with zero attached hydrogens (tertiary/aromatic N) is 4. The minimum Gasteiger partial charge on any atom is -0.354 e. The summed E-state index contributed by atoms with van der Waals surface area (Å²) in [6, 6.07) is 0. The number of anilines is 2. The van der Waals surface area contributed by atoms with Crippen molar-refractivity contribution in [1.29, 1.82) is 0 Å². The lowest BCUT2D eigenvalue weighted by atomic mass is 10.5. The monoisotopic (exact) mass is 197 g/mol. The van der Waals surface area contributed by atoms with Crippen LogP contribution in [-0.4, -0.2) is 35.7 Å². The smallest absolute Gasteiger partial charge is 0.254 e. The summed E-state index contributed by atoms with van der Waals surface area (Å²) in [5.41, 5.74) is 0. The molecule has 6 heteroatoms. The van der Waals surface area contributed by atoms with Crippen LogP contribution in [-0.2, 0) is 4.84 Å². The van der Waals surface area contributed by atoms with Crippen LogP contribution in [0.3, 0.4) is 0 Å². The van der Waals surface area contributed by atoms with E-state index in [1.807, 2.05) is 0 Å². The summed E-state index contributed by atoms with van der Waals surface area (Å²) in [5, 5.41) is 4.54.